The summed E-state index contributed by atoms with van der Waals surface area (Å²) in [5.41, 5.74) is 10.0. The first-order valence-corrected chi connectivity index (χ1v) is 11.7. The van der Waals surface area contributed by atoms with Crippen LogP contribution >= 0.6 is 11.6 Å². The van der Waals surface area contributed by atoms with Crippen molar-refractivity contribution >= 4 is 28.6 Å². The van der Waals surface area contributed by atoms with E-state index < -0.39 is 5.82 Å². The van der Waals surface area contributed by atoms with Crippen molar-refractivity contribution in [3.63, 3.8) is 0 Å². The van der Waals surface area contributed by atoms with E-state index in [2.05, 4.69) is 30.8 Å². The summed E-state index contributed by atoms with van der Waals surface area (Å²) < 4.78 is 23.5. The lowest BCUT2D eigenvalue weighted by Crippen LogP contribution is -2.10. The van der Waals surface area contributed by atoms with Crippen LogP contribution in [-0.2, 0) is 24.3 Å². The first-order chi connectivity index (χ1) is 16.3. The normalized spacial score (nSPS) is 13.1. The number of benzene rings is 1. The standard InChI is InChI=1S/C15H15ClFN5.C9H14N2O/c1-7(2)22-8(3)20-14-11(17)4-9(5-12(14)22)13-10(16)6-19-15(18)21-13;1-12-7-8-6-9-4-2-3-5-11(9)10-8/h4-7H,1-3H3,(H2,18,19,21);6H,2-5,7H2,1H3. The van der Waals surface area contributed by atoms with Gasteiger partial charge in [-0.3, -0.25) is 4.68 Å². The lowest BCUT2D eigenvalue weighted by molar-refractivity contribution is 0.180. The smallest absolute Gasteiger partial charge is 0.220 e. The molecule has 1 aromatic carbocycles. The number of anilines is 1. The molecule has 4 aromatic rings. The number of nitrogens with two attached hydrogens (primary N) is 1. The molecule has 0 aliphatic carbocycles. The largest absolute Gasteiger partial charge is 0.378 e. The van der Waals surface area contributed by atoms with Gasteiger partial charge in [-0.1, -0.05) is 11.6 Å². The van der Waals surface area contributed by atoms with E-state index in [0.29, 0.717) is 33.9 Å². The number of nitrogen functional groups attached to an aromatic ring is 1. The second kappa shape index (κ2) is 10.1. The number of ether oxygens (including phenoxy) is 1. The zero-order valence-electron chi connectivity index (χ0n) is 19.8. The van der Waals surface area contributed by atoms with Gasteiger partial charge in [0.1, 0.15) is 11.3 Å². The maximum Gasteiger partial charge on any atom is 0.220 e. The van der Waals surface area contributed by atoms with Crippen molar-refractivity contribution in [3.8, 4) is 11.3 Å². The van der Waals surface area contributed by atoms with E-state index in [1.54, 1.807) is 7.11 Å². The molecule has 1 aliphatic heterocycles. The minimum absolute atomic E-state index is 0.0912. The molecule has 10 heteroatoms. The fraction of sp³-hybridized carbons (Fsp3) is 0.417. The molecule has 0 unspecified atom stereocenters. The molecule has 0 atom stereocenters. The van der Waals surface area contributed by atoms with Crippen LogP contribution in [0.1, 0.15) is 49.9 Å². The van der Waals surface area contributed by atoms with Gasteiger partial charge in [-0.25, -0.2) is 19.3 Å². The number of rotatable bonds is 4. The fourth-order valence-corrected chi connectivity index (χ4v) is 4.54. The number of fused-ring (bicyclic) bond motifs is 2. The number of hydrogen-bond acceptors (Lipinski definition) is 6. The van der Waals surface area contributed by atoms with Gasteiger partial charge in [0, 0.05) is 31.0 Å². The Balaban J connectivity index is 0.000000192. The van der Waals surface area contributed by atoms with Crippen LogP contribution in [0, 0.1) is 12.7 Å². The average Bonchev–Trinajstić information content (AvgIpc) is 3.36. The molecular formula is C24H29ClFN7O. The van der Waals surface area contributed by atoms with E-state index >= 15 is 0 Å². The van der Waals surface area contributed by atoms with E-state index in [0.717, 1.165) is 18.1 Å². The second-order valence-corrected chi connectivity index (χ2v) is 9.02. The van der Waals surface area contributed by atoms with Gasteiger partial charge in [-0.05, 0) is 58.2 Å². The SMILES string of the molecule is COCc1cc2n(n1)CCCC2.Cc1nc2c(F)cc(-c3nc(N)ncc3Cl)cc2n1C(C)C. The van der Waals surface area contributed by atoms with Crippen LogP contribution < -0.4 is 5.73 Å². The Kier molecular flexibility index (Phi) is 7.13. The van der Waals surface area contributed by atoms with Crippen LogP contribution in [0.25, 0.3) is 22.3 Å². The highest BCUT2D eigenvalue weighted by atomic mass is 35.5. The third kappa shape index (κ3) is 4.90. The number of aromatic nitrogens is 6. The highest BCUT2D eigenvalue weighted by Crippen LogP contribution is 2.31. The summed E-state index contributed by atoms with van der Waals surface area (Å²) in [5, 5.41) is 4.75. The van der Waals surface area contributed by atoms with Gasteiger partial charge in [0.2, 0.25) is 5.95 Å². The fourth-order valence-electron chi connectivity index (χ4n) is 4.34. The molecule has 0 fully saturated rings. The predicted octanol–water partition coefficient (Wildman–Crippen LogP) is 5.12. The van der Waals surface area contributed by atoms with Crippen LogP contribution in [0.4, 0.5) is 10.3 Å². The van der Waals surface area contributed by atoms with Crippen LogP contribution in [0.15, 0.2) is 24.4 Å². The molecule has 180 valence electrons. The van der Waals surface area contributed by atoms with Gasteiger partial charge in [-0.2, -0.15) is 5.10 Å². The van der Waals surface area contributed by atoms with Crippen LogP contribution in [0.5, 0.6) is 0 Å². The van der Waals surface area contributed by atoms with Crippen molar-refractivity contribution in [2.75, 3.05) is 12.8 Å². The summed E-state index contributed by atoms with van der Waals surface area (Å²) in [6.07, 6.45) is 5.16. The van der Waals surface area contributed by atoms with Crippen molar-refractivity contribution in [1.29, 1.82) is 0 Å². The molecule has 1 aliphatic rings. The van der Waals surface area contributed by atoms with Crippen molar-refractivity contribution in [2.24, 2.45) is 0 Å². The molecule has 8 nitrogen and oxygen atoms in total. The Morgan fingerprint density at radius 3 is 2.71 bits per heavy atom. The monoisotopic (exact) mass is 485 g/mol. The predicted molar refractivity (Wildman–Crippen MR) is 131 cm³/mol. The summed E-state index contributed by atoms with van der Waals surface area (Å²) in [7, 11) is 1.71. The van der Waals surface area contributed by atoms with Crippen LogP contribution in [0.2, 0.25) is 5.02 Å². The van der Waals surface area contributed by atoms with Gasteiger partial charge in [-0.15, -0.1) is 0 Å². The topological polar surface area (TPSA) is 96.7 Å². The van der Waals surface area contributed by atoms with Crippen molar-refractivity contribution in [2.45, 2.75) is 59.2 Å². The summed E-state index contributed by atoms with van der Waals surface area (Å²) in [4.78, 5) is 12.2. The number of methoxy groups -OCH3 is 1. The minimum Gasteiger partial charge on any atom is -0.378 e. The van der Waals surface area contributed by atoms with Crippen molar-refractivity contribution in [3.05, 3.63) is 52.4 Å². The number of nitrogens with zero attached hydrogens (tertiary/aromatic N) is 6. The third-order valence-corrected chi connectivity index (χ3v) is 6.01. The average molecular weight is 486 g/mol. The molecule has 0 amide bonds. The van der Waals surface area contributed by atoms with Crippen molar-refractivity contribution in [1.82, 2.24) is 29.3 Å². The lowest BCUT2D eigenvalue weighted by Gasteiger charge is -2.12. The quantitative estimate of drug-likeness (QED) is 0.430. The molecular weight excluding hydrogens is 457 g/mol. The zero-order chi connectivity index (χ0) is 24.4. The lowest BCUT2D eigenvalue weighted by atomic mass is 10.1. The molecule has 3 aromatic heterocycles. The molecule has 2 N–H and O–H groups in total. The zero-order valence-corrected chi connectivity index (χ0v) is 20.6. The summed E-state index contributed by atoms with van der Waals surface area (Å²) >= 11 is 6.12. The molecule has 4 heterocycles. The van der Waals surface area contributed by atoms with Crippen LogP contribution in [-0.4, -0.2) is 36.4 Å². The minimum atomic E-state index is -0.414. The Morgan fingerprint density at radius 1 is 1.21 bits per heavy atom. The molecule has 0 spiro atoms. The summed E-state index contributed by atoms with van der Waals surface area (Å²) in [6.45, 7) is 7.62. The molecule has 0 saturated carbocycles. The van der Waals surface area contributed by atoms with E-state index in [9.17, 15) is 4.39 Å². The van der Waals surface area contributed by atoms with Gasteiger partial charge >= 0.3 is 0 Å². The first-order valence-electron chi connectivity index (χ1n) is 11.3. The van der Waals surface area contributed by atoms with E-state index in [4.69, 9.17) is 22.1 Å². The second-order valence-electron chi connectivity index (χ2n) is 8.61. The summed E-state index contributed by atoms with van der Waals surface area (Å²) in [5.74, 6) is 0.436. The Labute approximate surface area is 202 Å². The number of halogens is 2. The van der Waals surface area contributed by atoms with Crippen molar-refractivity contribution < 1.29 is 9.13 Å². The Bertz CT molecular complexity index is 1290. The van der Waals surface area contributed by atoms with E-state index in [-0.39, 0.29) is 12.0 Å². The van der Waals surface area contributed by atoms with Crippen LogP contribution in [0.3, 0.4) is 0 Å². The van der Waals surface area contributed by atoms with Gasteiger partial charge in [0.05, 0.1) is 34.7 Å². The number of aryl methyl sites for hydroxylation is 3. The Morgan fingerprint density at radius 2 is 2.00 bits per heavy atom. The summed E-state index contributed by atoms with van der Waals surface area (Å²) in [6, 6.07) is 5.51. The molecule has 0 bridgehead atoms. The van der Waals surface area contributed by atoms with E-state index in [1.807, 2.05) is 31.4 Å². The van der Waals surface area contributed by atoms with E-state index in [1.165, 1.54) is 37.2 Å². The van der Waals surface area contributed by atoms with Gasteiger partial charge < -0.3 is 15.0 Å². The number of hydrogen-bond donors (Lipinski definition) is 1. The number of imidazole rings is 1. The first kappa shape index (κ1) is 24.1. The highest BCUT2D eigenvalue weighted by molar-refractivity contribution is 6.33. The maximum absolute atomic E-state index is 14.4. The van der Waals surface area contributed by atoms with Gasteiger partial charge in [0.15, 0.2) is 5.82 Å². The third-order valence-electron chi connectivity index (χ3n) is 5.74. The Hall–Kier alpha value is -3.04. The maximum atomic E-state index is 14.4. The molecule has 0 saturated heterocycles. The molecule has 5 rings (SSSR count). The molecule has 34 heavy (non-hydrogen) atoms. The molecule has 0 radical (unpaired) electrons. The van der Waals surface area contributed by atoms with Gasteiger partial charge in [0.25, 0.3) is 0 Å². The highest BCUT2D eigenvalue weighted by Gasteiger charge is 2.17.